The number of nitrogens with zero attached hydrogens (tertiary/aromatic N) is 1. The maximum atomic E-state index is 13.4. The number of hydrogen-bond acceptors (Lipinski definition) is 4. The fourth-order valence-electron chi connectivity index (χ4n) is 3.59. The first kappa shape index (κ1) is 18.8. The van der Waals surface area contributed by atoms with Crippen LogP contribution in [0.3, 0.4) is 0 Å². The summed E-state index contributed by atoms with van der Waals surface area (Å²) in [7, 11) is 0. The molecule has 142 valence electrons. The van der Waals surface area contributed by atoms with Gasteiger partial charge < -0.3 is 15.4 Å². The molecular weight excluding hydrogens is 337 g/mol. The van der Waals surface area contributed by atoms with Crippen molar-refractivity contribution in [3.8, 4) is 0 Å². The summed E-state index contributed by atoms with van der Waals surface area (Å²) in [6, 6.07) is 4.13. The first-order valence-corrected chi connectivity index (χ1v) is 9.13. The summed E-state index contributed by atoms with van der Waals surface area (Å²) in [4.78, 5) is 26.8. The third-order valence-electron chi connectivity index (χ3n) is 4.72. The van der Waals surface area contributed by atoms with E-state index in [4.69, 9.17) is 4.74 Å². The second-order valence-corrected chi connectivity index (χ2v) is 7.43. The molecule has 0 saturated carbocycles. The quantitative estimate of drug-likeness (QED) is 0.836. The number of halogens is 1. The third kappa shape index (κ3) is 4.59. The number of ether oxygens (including phenoxy) is 1. The molecule has 2 aliphatic heterocycles. The van der Waals surface area contributed by atoms with Gasteiger partial charge in [-0.15, -0.1) is 0 Å². The maximum absolute atomic E-state index is 13.4. The molecule has 0 unspecified atom stereocenters. The van der Waals surface area contributed by atoms with Crippen molar-refractivity contribution in [2.45, 2.75) is 32.3 Å². The molecule has 0 radical (unpaired) electrons. The molecule has 26 heavy (non-hydrogen) atoms. The maximum Gasteiger partial charge on any atom is 0.228 e. The molecular formula is C19H26FN3O3. The Morgan fingerprint density at radius 2 is 2.27 bits per heavy atom. The van der Waals surface area contributed by atoms with Gasteiger partial charge in [0.15, 0.2) is 0 Å². The highest BCUT2D eigenvalue weighted by Gasteiger charge is 2.31. The minimum Gasteiger partial charge on any atom is -0.374 e. The lowest BCUT2D eigenvalue weighted by molar-refractivity contribution is -0.127. The number of carbonyl (C=O) groups excluding carboxylic acids is 2. The number of nitrogens with one attached hydrogen (secondary N) is 2. The fourth-order valence-corrected chi connectivity index (χ4v) is 3.59. The zero-order chi connectivity index (χ0) is 18.7. The number of rotatable bonds is 5. The minimum atomic E-state index is -0.602. The van der Waals surface area contributed by atoms with Gasteiger partial charge in [0.05, 0.1) is 18.6 Å². The molecule has 1 aromatic rings. The molecule has 1 saturated heterocycles. The number of fused-ring (bicyclic) bond motifs is 1. The predicted molar refractivity (Wildman–Crippen MR) is 96.4 cm³/mol. The normalized spacial score (nSPS) is 23.5. The molecule has 6 nitrogen and oxygen atoms in total. The number of hydrogen-bond donors (Lipinski definition) is 2. The largest absolute Gasteiger partial charge is 0.374 e. The Balaban J connectivity index is 1.59. The minimum absolute atomic E-state index is 0.0587. The number of benzene rings is 1. The van der Waals surface area contributed by atoms with Crippen molar-refractivity contribution in [1.29, 1.82) is 0 Å². The van der Waals surface area contributed by atoms with Gasteiger partial charge in [-0.1, -0.05) is 19.9 Å². The van der Waals surface area contributed by atoms with Crippen LogP contribution in [-0.4, -0.2) is 55.6 Å². The highest BCUT2D eigenvalue weighted by Crippen LogP contribution is 2.32. The Kier molecular flexibility index (Phi) is 5.88. The van der Waals surface area contributed by atoms with Gasteiger partial charge in [0.1, 0.15) is 5.82 Å². The molecule has 2 aliphatic rings. The fraction of sp³-hybridized carbons (Fsp3) is 0.579. The third-order valence-corrected chi connectivity index (χ3v) is 4.72. The lowest BCUT2D eigenvalue weighted by Crippen LogP contribution is -2.49. The van der Waals surface area contributed by atoms with Crippen LogP contribution in [0.25, 0.3) is 0 Å². The van der Waals surface area contributed by atoms with Crippen LogP contribution in [0.1, 0.15) is 31.7 Å². The molecule has 3 rings (SSSR count). The van der Waals surface area contributed by atoms with Crippen molar-refractivity contribution in [3.05, 3.63) is 29.6 Å². The van der Waals surface area contributed by atoms with Crippen LogP contribution in [0.15, 0.2) is 18.2 Å². The highest BCUT2D eigenvalue weighted by atomic mass is 19.1. The predicted octanol–water partition coefficient (Wildman–Crippen LogP) is 1.72. The van der Waals surface area contributed by atoms with E-state index in [0.29, 0.717) is 30.3 Å². The lowest BCUT2D eigenvalue weighted by atomic mass is 9.89. The Bertz CT molecular complexity index is 680. The summed E-state index contributed by atoms with van der Waals surface area (Å²) in [5.74, 6) is -0.959. The van der Waals surface area contributed by atoms with Gasteiger partial charge >= 0.3 is 0 Å². The van der Waals surface area contributed by atoms with E-state index in [0.717, 1.165) is 19.6 Å². The summed E-state index contributed by atoms with van der Waals surface area (Å²) >= 11 is 0. The first-order chi connectivity index (χ1) is 12.4. The molecule has 0 spiro atoms. The van der Waals surface area contributed by atoms with Crippen molar-refractivity contribution in [1.82, 2.24) is 10.2 Å². The SMILES string of the molecule is CC(C)CN1CCO[C@@H](CNC(=O)[C@H]2CC(=O)Nc3cc(F)ccc32)C1. The summed E-state index contributed by atoms with van der Waals surface area (Å²) in [6.07, 6.45) is 0.00620. The average Bonchev–Trinajstić information content (AvgIpc) is 2.58. The van der Waals surface area contributed by atoms with Crippen LogP contribution >= 0.6 is 0 Å². The summed E-state index contributed by atoms with van der Waals surface area (Å²) in [5.41, 5.74) is 1.02. The van der Waals surface area contributed by atoms with E-state index in [-0.39, 0.29) is 24.3 Å². The molecule has 1 fully saturated rings. The van der Waals surface area contributed by atoms with Crippen molar-refractivity contribution >= 4 is 17.5 Å². The van der Waals surface area contributed by atoms with Crippen LogP contribution in [0.4, 0.5) is 10.1 Å². The van der Waals surface area contributed by atoms with E-state index >= 15 is 0 Å². The number of carbonyl (C=O) groups is 2. The van der Waals surface area contributed by atoms with E-state index in [1.807, 2.05) is 0 Å². The molecule has 2 N–H and O–H groups in total. The van der Waals surface area contributed by atoms with Crippen molar-refractivity contribution in [3.63, 3.8) is 0 Å². The second kappa shape index (κ2) is 8.14. The van der Waals surface area contributed by atoms with Crippen molar-refractivity contribution in [2.75, 3.05) is 38.1 Å². The molecule has 2 heterocycles. The van der Waals surface area contributed by atoms with Gasteiger partial charge in [-0.25, -0.2) is 4.39 Å². The Labute approximate surface area is 153 Å². The zero-order valence-electron chi connectivity index (χ0n) is 15.3. The van der Waals surface area contributed by atoms with Crippen molar-refractivity contribution in [2.24, 2.45) is 5.92 Å². The molecule has 2 amide bonds. The average molecular weight is 363 g/mol. The van der Waals surface area contributed by atoms with Gasteiger partial charge in [-0.3, -0.25) is 14.5 Å². The van der Waals surface area contributed by atoms with Crippen LogP contribution in [0, 0.1) is 11.7 Å². The monoisotopic (exact) mass is 363 g/mol. The topological polar surface area (TPSA) is 70.7 Å². The summed E-state index contributed by atoms with van der Waals surface area (Å²) in [6.45, 7) is 8.12. The van der Waals surface area contributed by atoms with Gasteiger partial charge in [-0.2, -0.15) is 0 Å². The first-order valence-electron chi connectivity index (χ1n) is 9.13. The van der Waals surface area contributed by atoms with E-state index in [1.54, 1.807) is 6.07 Å². The van der Waals surface area contributed by atoms with Gasteiger partial charge in [0.25, 0.3) is 0 Å². The Hall–Kier alpha value is -1.99. The summed E-state index contributed by atoms with van der Waals surface area (Å²) in [5, 5.41) is 5.53. The van der Waals surface area contributed by atoms with Crippen molar-refractivity contribution < 1.29 is 18.7 Å². The van der Waals surface area contributed by atoms with Crippen LogP contribution in [0.5, 0.6) is 0 Å². The number of amides is 2. The van der Waals surface area contributed by atoms with E-state index in [1.165, 1.54) is 12.1 Å². The van der Waals surface area contributed by atoms with E-state index < -0.39 is 11.7 Å². The Morgan fingerprint density at radius 1 is 1.46 bits per heavy atom. The molecule has 2 atom stereocenters. The zero-order valence-corrected chi connectivity index (χ0v) is 15.3. The van der Waals surface area contributed by atoms with Gasteiger partial charge in [0.2, 0.25) is 11.8 Å². The smallest absolute Gasteiger partial charge is 0.228 e. The molecule has 1 aromatic carbocycles. The molecule has 0 aliphatic carbocycles. The lowest BCUT2D eigenvalue weighted by Gasteiger charge is -2.34. The Morgan fingerprint density at radius 3 is 3.04 bits per heavy atom. The standard InChI is InChI=1S/C19H26FN3O3/c1-12(2)10-23-5-6-26-14(11-23)9-21-19(25)16-8-18(24)22-17-7-13(20)3-4-15(16)17/h3-4,7,12,14,16H,5-6,8-11H2,1-2H3,(H,21,25)(H,22,24)/t14-,16-/m0/s1. The number of anilines is 1. The highest BCUT2D eigenvalue weighted by molar-refractivity contribution is 6.01. The van der Waals surface area contributed by atoms with Crippen LogP contribution in [-0.2, 0) is 14.3 Å². The van der Waals surface area contributed by atoms with Gasteiger partial charge in [-0.05, 0) is 23.6 Å². The van der Waals surface area contributed by atoms with E-state index in [9.17, 15) is 14.0 Å². The molecule has 0 aromatic heterocycles. The number of morpholine rings is 1. The van der Waals surface area contributed by atoms with Crippen LogP contribution < -0.4 is 10.6 Å². The van der Waals surface area contributed by atoms with Crippen LogP contribution in [0.2, 0.25) is 0 Å². The van der Waals surface area contributed by atoms with E-state index in [2.05, 4.69) is 29.4 Å². The second-order valence-electron chi connectivity index (χ2n) is 7.43. The molecule has 0 bridgehead atoms. The summed E-state index contributed by atoms with van der Waals surface area (Å²) < 4.78 is 19.1. The molecule has 7 heteroatoms. The van der Waals surface area contributed by atoms with Gasteiger partial charge in [0, 0.05) is 38.3 Å².